The summed E-state index contributed by atoms with van der Waals surface area (Å²) in [5, 5.41) is 9.26. The number of fused-ring (bicyclic) bond motifs is 1. The molecule has 0 aliphatic carbocycles. The van der Waals surface area contributed by atoms with Gasteiger partial charge in [-0.1, -0.05) is 26.0 Å². The molecule has 2 aromatic rings. The first kappa shape index (κ1) is 15.5. The first-order chi connectivity index (χ1) is 11.0. The van der Waals surface area contributed by atoms with Gasteiger partial charge in [0.1, 0.15) is 18.4 Å². The van der Waals surface area contributed by atoms with Gasteiger partial charge >= 0.3 is 5.97 Å². The summed E-state index contributed by atoms with van der Waals surface area (Å²) in [4.78, 5) is 30.1. The third-order valence-electron chi connectivity index (χ3n) is 4.35. The third kappa shape index (κ3) is 2.81. The number of hydrogen-bond donors (Lipinski definition) is 1. The van der Waals surface area contributed by atoms with Gasteiger partial charge in [0.2, 0.25) is 5.91 Å². The van der Waals surface area contributed by atoms with Gasteiger partial charge in [-0.05, 0) is 25.0 Å². The molecule has 1 aromatic heterocycles. The van der Waals surface area contributed by atoms with Crippen LogP contribution >= 0.6 is 0 Å². The van der Waals surface area contributed by atoms with E-state index in [9.17, 15) is 14.7 Å². The molecule has 1 atom stereocenters. The lowest BCUT2D eigenvalue weighted by molar-refractivity contribution is -0.148. The molecular formula is C17H21N3O3. The van der Waals surface area contributed by atoms with Gasteiger partial charge in [-0.15, -0.1) is 0 Å². The van der Waals surface area contributed by atoms with Gasteiger partial charge in [-0.25, -0.2) is 9.78 Å². The van der Waals surface area contributed by atoms with Gasteiger partial charge in [0.05, 0.1) is 11.0 Å². The number of likely N-dealkylation sites (tertiary alicyclic amines) is 1. The quantitative estimate of drug-likeness (QED) is 0.939. The molecule has 0 radical (unpaired) electrons. The molecule has 1 saturated heterocycles. The normalized spacial score (nSPS) is 18.0. The minimum atomic E-state index is -0.921. The number of carboxylic acid groups (broad SMARTS) is 1. The maximum Gasteiger partial charge on any atom is 0.326 e. The van der Waals surface area contributed by atoms with E-state index in [1.807, 2.05) is 42.7 Å². The highest BCUT2D eigenvalue weighted by atomic mass is 16.4. The number of amides is 1. The lowest BCUT2D eigenvalue weighted by Gasteiger charge is -2.22. The van der Waals surface area contributed by atoms with E-state index in [0.717, 1.165) is 23.3 Å². The summed E-state index contributed by atoms with van der Waals surface area (Å²) in [5.41, 5.74) is 1.77. The van der Waals surface area contributed by atoms with Crippen LogP contribution in [0.3, 0.4) is 0 Å². The number of aliphatic carboxylic acids is 1. The van der Waals surface area contributed by atoms with Crippen molar-refractivity contribution in [2.24, 2.45) is 0 Å². The van der Waals surface area contributed by atoms with Gasteiger partial charge in [0.25, 0.3) is 0 Å². The van der Waals surface area contributed by atoms with Crippen LogP contribution in [-0.4, -0.2) is 44.0 Å². The van der Waals surface area contributed by atoms with E-state index in [1.165, 1.54) is 4.90 Å². The average Bonchev–Trinajstić information content (AvgIpc) is 3.12. The molecule has 0 spiro atoms. The number of carboxylic acids is 1. The fraction of sp³-hybridized carbons (Fsp3) is 0.471. The van der Waals surface area contributed by atoms with Crippen LogP contribution in [0.25, 0.3) is 11.0 Å². The van der Waals surface area contributed by atoms with Crippen molar-refractivity contribution < 1.29 is 14.7 Å². The van der Waals surface area contributed by atoms with Crippen molar-refractivity contribution in [3.63, 3.8) is 0 Å². The van der Waals surface area contributed by atoms with E-state index >= 15 is 0 Å². The van der Waals surface area contributed by atoms with Crippen molar-refractivity contribution in [3.05, 3.63) is 30.1 Å². The van der Waals surface area contributed by atoms with Crippen LogP contribution in [0, 0.1) is 0 Å². The van der Waals surface area contributed by atoms with E-state index in [-0.39, 0.29) is 18.4 Å². The minimum absolute atomic E-state index is 0.137. The van der Waals surface area contributed by atoms with Crippen LogP contribution in [0.1, 0.15) is 38.4 Å². The number of nitrogens with zero attached hydrogens (tertiary/aromatic N) is 3. The topological polar surface area (TPSA) is 75.4 Å². The highest BCUT2D eigenvalue weighted by molar-refractivity contribution is 5.85. The standard InChI is InChI=1S/C17H21N3O3/c1-11(2)16-18-12-6-3-4-7-13(12)20(16)10-15(21)19-9-5-8-14(19)17(22)23/h3-4,6-7,11,14H,5,8-10H2,1-2H3,(H,22,23)/t14-/m0/s1. The van der Waals surface area contributed by atoms with E-state index < -0.39 is 12.0 Å². The Hall–Kier alpha value is -2.37. The molecule has 1 amide bonds. The summed E-state index contributed by atoms with van der Waals surface area (Å²) in [6.45, 7) is 4.73. The number of imidazole rings is 1. The Morgan fingerprint density at radius 2 is 2.09 bits per heavy atom. The molecule has 2 heterocycles. The summed E-state index contributed by atoms with van der Waals surface area (Å²) < 4.78 is 1.92. The SMILES string of the molecule is CC(C)c1nc2ccccc2n1CC(=O)N1CCC[C@H]1C(=O)O. The Morgan fingerprint density at radius 3 is 2.78 bits per heavy atom. The first-order valence-corrected chi connectivity index (χ1v) is 7.96. The lowest BCUT2D eigenvalue weighted by atomic mass is 10.2. The maximum atomic E-state index is 12.7. The zero-order chi connectivity index (χ0) is 16.6. The molecule has 0 unspecified atom stereocenters. The van der Waals surface area contributed by atoms with Crippen LogP contribution in [0.4, 0.5) is 0 Å². The Bertz CT molecular complexity index is 751. The van der Waals surface area contributed by atoms with Crippen LogP contribution in [0.5, 0.6) is 0 Å². The second kappa shape index (κ2) is 6.02. The Kier molecular flexibility index (Phi) is 4.07. The zero-order valence-corrected chi connectivity index (χ0v) is 13.4. The predicted molar refractivity (Wildman–Crippen MR) is 86.2 cm³/mol. The van der Waals surface area contributed by atoms with Crippen molar-refractivity contribution in [1.29, 1.82) is 0 Å². The molecule has 1 aliphatic rings. The van der Waals surface area contributed by atoms with Crippen LogP contribution in [-0.2, 0) is 16.1 Å². The summed E-state index contributed by atoms with van der Waals surface area (Å²) in [6, 6.07) is 7.02. The van der Waals surface area contributed by atoms with E-state index in [0.29, 0.717) is 13.0 Å². The Morgan fingerprint density at radius 1 is 1.35 bits per heavy atom. The third-order valence-corrected chi connectivity index (χ3v) is 4.35. The van der Waals surface area contributed by atoms with Gasteiger partial charge in [0.15, 0.2) is 0 Å². The summed E-state index contributed by atoms with van der Waals surface area (Å²) in [7, 11) is 0. The molecule has 122 valence electrons. The van der Waals surface area contributed by atoms with E-state index in [1.54, 1.807) is 0 Å². The fourth-order valence-electron chi connectivity index (χ4n) is 3.25. The molecule has 1 N–H and O–H groups in total. The monoisotopic (exact) mass is 315 g/mol. The predicted octanol–water partition coefficient (Wildman–Crippen LogP) is 2.24. The summed E-state index contributed by atoms with van der Waals surface area (Å²) in [5.74, 6) is -0.0370. The van der Waals surface area contributed by atoms with Crippen molar-refractivity contribution in [3.8, 4) is 0 Å². The molecule has 6 heteroatoms. The van der Waals surface area contributed by atoms with E-state index in [4.69, 9.17) is 0 Å². The number of carbonyl (C=O) groups is 2. The Balaban J connectivity index is 1.93. The zero-order valence-electron chi connectivity index (χ0n) is 13.4. The van der Waals surface area contributed by atoms with Crippen LogP contribution in [0.15, 0.2) is 24.3 Å². The highest BCUT2D eigenvalue weighted by Gasteiger charge is 2.34. The fourth-order valence-corrected chi connectivity index (χ4v) is 3.25. The number of para-hydroxylation sites is 2. The molecule has 6 nitrogen and oxygen atoms in total. The largest absolute Gasteiger partial charge is 0.480 e. The van der Waals surface area contributed by atoms with Gasteiger partial charge in [-0.2, -0.15) is 0 Å². The maximum absolute atomic E-state index is 12.7. The summed E-state index contributed by atoms with van der Waals surface area (Å²) >= 11 is 0. The Labute approximate surface area is 134 Å². The molecular weight excluding hydrogens is 294 g/mol. The first-order valence-electron chi connectivity index (χ1n) is 7.96. The van der Waals surface area contributed by atoms with Crippen molar-refractivity contribution in [1.82, 2.24) is 14.5 Å². The number of carbonyl (C=O) groups excluding carboxylic acids is 1. The molecule has 1 aromatic carbocycles. The molecule has 3 rings (SSSR count). The van der Waals surface area contributed by atoms with E-state index in [2.05, 4.69) is 4.98 Å². The highest BCUT2D eigenvalue weighted by Crippen LogP contribution is 2.23. The molecule has 1 fully saturated rings. The number of aromatic nitrogens is 2. The van der Waals surface area contributed by atoms with Crippen molar-refractivity contribution in [2.75, 3.05) is 6.54 Å². The lowest BCUT2D eigenvalue weighted by Crippen LogP contribution is -2.42. The number of benzene rings is 1. The molecule has 0 saturated carbocycles. The van der Waals surface area contributed by atoms with Crippen molar-refractivity contribution >= 4 is 22.9 Å². The number of hydrogen-bond acceptors (Lipinski definition) is 3. The number of rotatable bonds is 4. The minimum Gasteiger partial charge on any atom is -0.480 e. The van der Waals surface area contributed by atoms with Crippen LogP contribution in [0.2, 0.25) is 0 Å². The van der Waals surface area contributed by atoms with Gasteiger partial charge in [-0.3, -0.25) is 4.79 Å². The van der Waals surface area contributed by atoms with Crippen LogP contribution < -0.4 is 0 Å². The van der Waals surface area contributed by atoms with Gasteiger partial charge in [0, 0.05) is 12.5 Å². The van der Waals surface area contributed by atoms with Crippen molar-refractivity contribution in [2.45, 2.75) is 45.2 Å². The average molecular weight is 315 g/mol. The second-order valence-corrected chi connectivity index (χ2v) is 6.28. The second-order valence-electron chi connectivity index (χ2n) is 6.28. The van der Waals surface area contributed by atoms with Gasteiger partial charge < -0.3 is 14.6 Å². The smallest absolute Gasteiger partial charge is 0.326 e. The molecule has 23 heavy (non-hydrogen) atoms. The molecule has 0 bridgehead atoms. The summed E-state index contributed by atoms with van der Waals surface area (Å²) in [6.07, 6.45) is 1.27. The molecule has 1 aliphatic heterocycles.